The van der Waals surface area contributed by atoms with Crippen molar-refractivity contribution in [3.8, 4) is 0 Å². The second-order valence-corrected chi connectivity index (χ2v) is 3.82. The Morgan fingerprint density at radius 3 is 2.93 bits per heavy atom. The summed E-state index contributed by atoms with van der Waals surface area (Å²) in [4.78, 5) is 9.02. The number of rotatable bonds is 7. The molecule has 15 heavy (non-hydrogen) atoms. The van der Waals surface area contributed by atoms with Gasteiger partial charge in [0.15, 0.2) is 0 Å². The molecule has 0 unspecified atom stereocenters. The normalized spacial score (nSPS) is 10.9. The predicted molar refractivity (Wildman–Crippen MR) is 59.4 cm³/mol. The standard InChI is InChI=1S/C10H20N4O/c1-13(2)8-10-7-12-14(9-10)15-6-4-3-5-11/h7,9H,3-6,8,11H2,1-2H3. The summed E-state index contributed by atoms with van der Waals surface area (Å²) in [5, 5.41) is 4.10. The number of hydrogen-bond acceptors (Lipinski definition) is 4. The van der Waals surface area contributed by atoms with Gasteiger partial charge in [-0.2, -0.15) is 0 Å². The van der Waals surface area contributed by atoms with Crippen LogP contribution >= 0.6 is 0 Å². The molecule has 86 valence electrons. The van der Waals surface area contributed by atoms with Gasteiger partial charge in [-0.15, -0.1) is 9.94 Å². The maximum Gasteiger partial charge on any atom is 0.117 e. The van der Waals surface area contributed by atoms with Crippen molar-refractivity contribution >= 4 is 0 Å². The Morgan fingerprint density at radius 2 is 2.27 bits per heavy atom. The molecule has 5 heteroatoms. The van der Waals surface area contributed by atoms with Crippen LogP contribution in [0.2, 0.25) is 0 Å². The molecule has 0 spiro atoms. The zero-order chi connectivity index (χ0) is 11.1. The first-order valence-electron chi connectivity index (χ1n) is 5.24. The van der Waals surface area contributed by atoms with Crippen molar-refractivity contribution in [3.05, 3.63) is 18.0 Å². The predicted octanol–water partition coefficient (Wildman–Crippen LogP) is 0.112. The monoisotopic (exact) mass is 212 g/mol. The summed E-state index contributed by atoms with van der Waals surface area (Å²) in [5.41, 5.74) is 6.54. The second-order valence-electron chi connectivity index (χ2n) is 3.82. The van der Waals surface area contributed by atoms with Crippen molar-refractivity contribution in [1.29, 1.82) is 0 Å². The van der Waals surface area contributed by atoms with Crippen LogP contribution in [0.5, 0.6) is 0 Å². The summed E-state index contributed by atoms with van der Waals surface area (Å²) >= 11 is 0. The van der Waals surface area contributed by atoms with Crippen molar-refractivity contribution in [2.75, 3.05) is 27.2 Å². The first-order chi connectivity index (χ1) is 7.22. The molecule has 0 fully saturated rings. The molecule has 0 aromatic carbocycles. The highest BCUT2D eigenvalue weighted by Crippen LogP contribution is 1.99. The number of hydrogen-bond donors (Lipinski definition) is 1. The van der Waals surface area contributed by atoms with Crippen molar-refractivity contribution in [2.24, 2.45) is 5.73 Å². The molecule has 0 aliphatic rings. The average molecular weight is 212 g/mol. The van der Waals surface area contributed by atoms with Crippen molar-refractivity contribution in [1.82, 2.24) is 14.8 Å². The molecule has 0 radical (unpaired) electrons. The fourth-order valence-electron chi connectivity index (χ4n) is 1.26. The molecular weight excluding hydrogens is 192 g/mol. The van der Waals surface area contributed by atoms with E-state index in [0.717, 1.165) is 24.9 Å². The Balaban J connectivity index is 2.26. The van der Waals surface area contributed by atoms with Crippen LogP contribution in [-0.2, 0) is 6.54 Å². The molecule has 0 atom stereocenters. The maximum atomic E-state index is 5.40. The zero-order valence-electron chi connectivity index (χ0n) is 9.52. The minimum absolute atomic E-state index is 0.667. The van der Waals surface area contributed by atoms with E-state index in [-0.39, 0.29) is 0 Å². The van der Waals surface area contributed by atoms with E-state index in [1.807, 2.05) is 26.5 Å². The van der Waals surface area contributed by atoms with Crippen LogP contribution in [0.25, 0.3) is 0 Å². The molecule has 0 bridgehead atoms. The van der Waals surface area contributed by atoms with E-state index in [1.165, 1.54) is 4.85 Å². The minimum atomic E-state index is 0.667. The van der Waals surface area contributed by atoms with E-state index in [4.69, 9.17) is 10.6 Å². The van der Waals surface area contributed by atoms with Gasteiger partial charge in [0.1, 0.15) is 6.61 Å². The molecule has 1 aromatic rings. The van der Waals surface area contributed by atoms with Crippen LogP contribution in [-0.4, -0.2) is 42.1 Å². The maximum absolute atomic E-state index is 5.40. The van der Waals surface area contributed by atoms with Crippen LogP contribution in [0, 0.1) is 0 Å². The second kappa shape index (κ2) is 6.42. The summed E-state index contributed by atoms with van der Waals surface area (Å²) in [5.74, 6) is 0. The van der Waals surface area contributed by atoms with Crippen LogP contribution in [0.15, 0.2) is 12.4 Å². The topological polar surface area (TPSA) is 56.3 Å². The van der Waals surface area contributed by atoms with Gasteiger partial charge in [-0.05, 0) is 33.5 Å². The number of unbranched alkanes of at least 4 members (excludes halogenated alkanes) is 1. The molecule has 1 heterocycles. The Kier molecular flexibility index (Phi) is 5.14. The Hall–Kier alpha value is -1.07. The van der Waals surface area contributed by atoms with E-state index in [2.05, 4.69) is 10.00 Å². The largest absolute Gasteiger partial charge is 0.397 e. The van der Waals surface area contributed by atoms with Gasteiger partial charge >= 0.3 is 0 Å². The summed E-state index contributed by atoms with van der Waals surface area (Å²) < 4.78 is 0. The summed E-state index contributed by atoms with van der Waals surface area (Å²) in [6.07, 6.45) is 5.69. The molecule has 5 nitrogen and oxygen atoms in total. The lowest BCUT2D eigenvalue weighted by Gasteiger charge is -2.06. The van der Waals surface area contributed by atoms with Gasteiger partial charge in [-0.3, -0.25) is 0 Å². The van der Waals surface area contributed by atoms with E-state index < -0.39 is 0 Å². The highest BCUT2D eigenvalue weighted by Gasteiger charge is 1.99. The van der Waals surface area contributed by atoms with E-state index in [0.29, 0.717) is 13.2 Å². The van der Waals surface area contributed by atoms with E-state index >= 15 is 0 Å². The van der Waals surface area contributed by atoms with Gasteiger partial charge in [0.25, 0.3) is 0 Å². The Morgan fingerprint density at radius 1 is 1.47 bits per heavy atom. The molecular formula is C10H20N4O. The highest BCUT2D eigenvalue weighted by molar-refractivity contribution is 5.02. The van der Waals surface area contributed by atoms with E-state index in [1.54, 1.807) is 0 Å². The summed E-state index contributed by atoms with van der Waals surface area (Å²) in [6, 6.07) is 0. The first-order valence-corrected chi connectivity index (χ1v) is 5.24. The fourth-order valence-corrected chi connectivity index (χ4v) is 1.26. The molecule has 0 aliphatic carbocycles. The number of nitrogens with zero attached hydrogens (tertiary/aromatic N) is 3. The van der Waals surface area contributed by atoms with Gasteiger partial charge < -0.3 is 15.5 Å². The van der Waals surface area contributed by atoms with Gasteiger partial charge in [-0.1, -0.05) is 0 Å². The molecule has 1 aromatic heterocycles. The molecule has 0 aliphatic heterocycles. The van der Waals surface area contributed by atoms with Crippen molar-refractivity contribution in [2.45, 2.75) is 19.4 Å². The third-order valence-corrected chi connectivity index (χ3v) is 1.93. The minimum Gasteiger partial charge on any atom is -0.397 e. The lowest BCUT2D eigenvalue weighted by molar-refractivity contribution is 0.0797. The van der Waals surface area contributed by atoms with Gasteiger partial charge in [0.05, 0.1) is 12.4 Å². The summed E-state index contributed by atoms with van der Waals surface area (Å²) in [6.45, 7) is 2.26. The van der Waals surface area contributed by atoms with Crippen LogP contribution in [0.1, 0.15) is 18.4 Å². The third kappa shape index (κ3) is 4.80. The lowest BCUT2D eigenvalue weighted by atomic mass is 10.3. The fraction of sp³-hybridized carbons (Fsp3) is 0.700. The van der Waals surface area contributed by atoms with Gasteiger partial charge in [0.2, 0.25) is 0 Å². The Labute approximate surface area is 90.8 Å². The van der Waals surface area contributed by atoms with Crippen molar-refractivity contribution in [3.63, 3.8) is 0 Å². The van der Waals surface area contributed by atoms with Gasteiger partial charge in [-0.25, -0.2) is 0 Å². The molecule has 0 saturated heterocycles. The average Bonchev–Trinajstić information content (AvgIpc) is 2.59. The first kappa shape index (κ1) is 12.0. The number of aromatic nitrogens is 2. The van der Waals surface area contributed by atoms with Gasteiger partial charge in [0, 0.05) is 12.1 Å². The van der Waals surface area contributed by atoms with Crippen LogP contribution in [0.3, 0.4) is 0 Å². The Bertz CT molecular complexity index is 272. The molecule has 0 saturated carbocycles. The molecule has 1 rings (SSSR count). The SMILES string of the molecule is CN(C)Cc1cnn(OCCCCN)c1. The third-order valence-electron chi connectivity index (χ3n) is 1.93. The zero-order valence-corrected chi connectivity index (χ0v) is 9.52. The number of nitrogens with two attached hydrogens (primary N) is 1. The van der Waals surface area contributed by atoms with E-state index in [9.17, 15) is 0 Å². The molecule has 0 amide bonds. The van der Waals surface area contributed by atoms with Crippen molar-refractivity contribution < 1.29 is 4.84 Å². The molecule has 2 N–H and O–H groups in total. The lowest BCUT2D eigenvalue weighted by Crippen LogP contribution is -2.14. The highest BCUT2D eigenvalue weighted by atomic mass is 16.7. The smallest absolute Gasteiger partial charge is 0.117 e. The quantitative estimate of drug-likeness (QED) is 0.652. The van der Waals surface area contributed by atoms with Crippen LogP contribution < -0.4 is 10.6 Å². The van der Waals surface area contributed by atoms with Crippen LogP contribution in [0.4, 0.5) is 0 Å². The summed E-state index contributed by atoms with van der Waals surface area (Å²) in [7, 11) is 4.05.